The van der Waals surface area contributed by atoms with E-state index >= 15 is 0 Å². The number of benzene rings is 2. The maximum absolute atomic E-state index is 12.4. The first-order valence-corrected chi connectivity index (χ1v) is 9.79. The Labute approximate surface area is 157 Å². The molecule has 0 bridgehead atoms. The Bertz CT molecular complexity index is 696. The second-order valence-electron chi connectivity index (χ2n) is 6.54. The van der Waals surface area contributed by atoms with E-state index in [4.69, 9.17) is 4.74 Å². The smallest absolute Gasteiger partial charge is 0.251 e. The van der Waals surface area contributed by atoms with Crippen LogP contribution in [-0.2, 0) is 6.42 Å². The van der Waals surface area contributed by atoms with E-state index in [0.29, 0.717) is 18.2 Å². The lowest BCUT2D eigenvalue weighted by Gasteiger charge is -2.22. The van der Waals surface area contributed by atoms with E-state index in [9.17, 15) is 4.79 Å². The van der Waals surface area contributed by atoms with Crippen molar-refractivity contribution in [1.29, 1.82) is 0 Å². The summed E-state index contributed by atoms with van der Waals surface area (Å²) in [5.41, 5.74) is 1.93. The molecule has 3 rings (SSSR count). The molecule has 3 nitrogen and oxygen atoms in total. The Hall–Kier alpha value is -1.81. The summed E-state index contributed by atoms with van der Waals surface area (Å²) in [5.74, 6) is 0.772. The van der Waals surface area contributed by atoms with Crippen LogP contribution in [0.25, 0.3) is 0 Å². The molecule has 132 valence electrons. The fraction of sp³-hybridized carbons (Fsp3) is 0.381. The van der Waals surface area contributed by atoms with Crippen LogP contribution in [-0.4, -0.2) is 18.6 Å². The van der Waals surface area contributed by atoms with Crippen molar-refractivity contribution in [3.63, 3.8) is 0 Å². The van der Waals surface area contributed by atoms with Gasteiger partial charge in [0.05, 0.1) is 11.1 Å². The van der Waals surface area contributed by atoms with Crippen molar-refractivity contribution >= 4 is 21.8 Å². The molecule has 25 heavy (non-hydrogen) atoms. The van der Waals surface area contributed by atoms with E-state index in [1.54, 1.807) is 0 Å². The summed E-state index contributed by atoms with van der Waals surface area (Å²) in [7, 11) is 0. The van der Waals surface area contributed by atoms with Gasteiger partial charge in [0.2, 0.25) is 0 Å². The van der Waals surface area contributed by atoms with Gasteiger partial charge in [-0.2, -0.15) is 0 Å². The number of rotatable bonds is 6. The summed E-state index contributed by atoms with van der Waals surface area (Å²) >= 11 is 3.52. The minimum absolute atomic E-state index is 0.00318. The molecular formula is C21H24BrNO2. The summed E-state index contributed by atoms with van der Waals surface area (Å²) in [6, 6.07) is 16.1. The van der Waals surface area contributed by atoms with Gasteiger partial charge in [-0.05, 0) is 52.5 Å². The highest BCUT2D eigenvalue weighted by Crippen LogP contribution is 2.26. The van der Waals surface area contributed by atoms with Gasteiger partial charge in [-0.25, -0.2) is 0 Å². The molecule has 1 fully saturated rings. The first kappa shape index (κ1) is 18.0. The lowest BCUT2D eigenvalue weighted by atomic mass is 9.95. The molecule has 0 spiro atoms. The largest absolute Gasteiger partial charge is 0.492 e. The van der Waals surface area contributed by atoms with Gasteiger partial charge in [0.15, 0.2) is 0 Å². The Kier molecular flexibility index (Phi) is 6.51. The monoisotopic (exact) mass is 401 g/mol. The van der Waals surface area contributed by atoms with Gasteiger partial charge in [0, 0.05) is 18.0 Å². The molecule has 0 aliphatic heterocycles. The van der Waals surface area contributed by atoms with E-state index in [-0.39, 0.29) is 5.91 Å². The fourth-order valence-corrected chi connectivity index (χ4v) is 3.69. The Morgan fingerprint density at radius 1 is 1.08 bits per heavy atom. The van der Waals surface area contributed by atoms with Crippen molar-refractivity contribution in [3.05, 3.63) is 64.1 Å². The Balaban J connectivity index is 1.53. The highest BCUT2D eigenvalue weighted by Gasteiger charge is 2.17. The van der Waals surface area contributed by atoms with Crippen molar-refractivity contribution in [1.82, 2.24) is 5.32 Å². The van der Waals surface area contributed by atoms with Crippen LogP contribution in [0.3, 0.4) is 0 Å². The summed E-state index contributed by atoms with van der Waals surface area (Å²) in [5, 5.41) is 3.15. The van der Waals surface area contributed by atoms with Gasteiger partial charge in [-0.15, -0.1) is 0 Å². The van der Waals surface area contributed by atoms with Crippen LogP contribution < -0.4 is 10.1 Å². The molecule has 0 unspecified atom stereocenters. The minimum Gasteiger partial charge on any atom is -0.492 e. The summed E-state index contributed by atoms with van der Waals surface area (Å²) < 4.78 is 6.66. The molecule has 0 saturated heterocycles. The summed E-state index contributed by atoms with van der Waals surface area (Å²) in [4.78, 5) is 12.4. The zero-order chi connectivity index (χ0) is 17.5. The van der Waals surface area contributed by atoms with Crippen LogP contribution in [0.2, 0.25) is 0 Å². The van der Waals surface area contributed by atoms with Gasteiger partial charge in [0.25, 0.3) is 5.91 Å². The fourth-order valence-electron chi connectivity index (χ4n) is 3.20. The normalized spacial score (nSPS) is 14.9. The second kappa shape index (κ2) is 9.04. The number of carbonyl (C=O) groups excluding carboxylic acids is 1. The SMILES string of the molecule is O=C(NC1CCCCC1)c1ccc(OCCc2ccccc2)c(Br)c1. The molecule has 2 aromatic carbocycles. The first-order valence-electron chi connectivity index (χ1n) is 8.99. The van der Waals surface area contributed by atoms with Crippen LogP contribution in [0.4, 0.5) is 0 Å². The van der Waals surface area contributed by atoms with Crippen LogP contribution in [0.5, 0.6) is 5.75 Å². The summed E-state index contributed by atoms with van der Waals surface area (Å²) in [6.45, 7) is 0.607. The number of amides is 1. The van der Waals surface area contributed by atoms with Crippen LogP contribution in [0.1, 0.15) is 48.0 Å². The molecule has 0 heterocycles. The van der Waals surface area contributed by atoms with Gasteiger partial charge in [0.1, 0.15) is 5.75 Å². The van der Waals surface area contributed by atoms with Gasteiger partial charge in [-0.1, -0.05) is 49.6 Å². The predicted octanol–water partition coefficient (Wildman–Crippen LogP) is 5.13. The number of hydrogen-bond donors (Lipinski definition) is 1. The molecule has 0 atom stereocenters. The third-order valence-electron chi connectivity index (χ3n) is 4.63. The lowest BCUT2D eigenvalue weighted by molar-refractivity contribution is 0.0927. The molecule has 2 aromatic rings. The van der Waals surface area contributed by atoms with Crippen molar-refractivity contribution in [2.45, 2.75) is 44.6 Å². The maximum Gasteiger partial charge on any atom is 0.251 e. The minimum atomic E-state index is 0.00318. The third kappa shape index (κ3) is 5.33. The van der Waals surface area contributed by atoms with Crippen molar-refractivity contribution < 1.29 is 9.53 Å². The van der Waals surface area contributed by atoms with Crippen LogP contribution in [0.15, 0.2) is 53.0 Å². The molecule has 1 amide bonds. The van der Waals surface area contributed by atoms with E-state index < -0.39 is 0 Å². The Morgan fingerprint density at radius 2 is 1.84 bits per heavy atom. The average Bonchev–Trinajstić information content (AvgIpc) is 2.64. The lowest BCUT2D eigenvalue weighted by Crippen LogP contribution is -2.36. The highest BCUT2D eigenvalue weighted by molar-refractivity contribution is 9.10. The second-order valence-corrected chi connectivity index (χ2v) is 7.39. The van der Waals surface area contributed by atoms with Crippen molar-refractivity contribution in [2.75, 3.05) is 6.61 Å². The number of hydrogen-bond acceptors (Lipinski definition) is 2. The van der Waals surface area contributed by atoms with Gasteiger partial charge >= 0.3 is 0 Å². The third-order valence-corrected chi connectivity index (χ3v) is 5.25. The quantitative estimate of drug-likeness (QED) is 0.727. The first-order chi connectivity index (χ1) is 12.2. The van der Waals surface area contributed by atoms with Crippen LogP contribution >= 0.6 is 15.9 Å². The molecule has 4 heteroatoms. The van der Waals surface area contributed by atoms with Crippen LogP contribution in [0, 0.1) is 0 Å². The molecule has 0 radical (unpaired) electrons. The molecule has 1 N–H and O–H groups in total. The molecular weight excluding hydrogens is 378 g/mol. The predicted molar refractivity (Wildman–Crippen MR) is 104 cm³/mol. The zero-order valence-corrected chi connectivity index (χ0v) is 15.9. The number of nitrogens with one attached hydrogen (secondary N) is 1. The average molecular weight is 402 g/mol. The number of carbonyl (C=O) groups is 1. The standard InChI is InChI=1S/C21H24BrNO2/c22-19-15-17(21(24)23-18-9-5-2-6-10-18)11-12-20(19)25-14-13-16-7-3-1-4-8-16/h1,3-4,7-8,11-12,15,18H,2,5-6,9-10,13-14H2,(H,23,24). The van der Waals surface area contributed by atoms with Crippen molar-refractivity contribution in [3.8, 4) is 5.75 Å². The topological polar surface area (TPSA) is 38.3 Å². The number of ether oxygens (including phenoxy) is 1. The summed E-state index contributed by atoms with van der Waals surface area (Å²) in [6.07, 6.45) is 6.75. The van der Waals surface area contributed by atoms with E-state index in [1.807, 2.05) is 36.4 Å². The molecule has 0 aromatic heterocycles. The highest BCUT2D eigenvalue weighted by atomic mass is 79.9. The Morgan fingerprint density at radius 3 is 2.56 bits per heavy atom. The van der Waals surface area contributed by atoms with Gasteiger partial charge < -0.3 is 10.1 Å². The van der Waals surface area contributed by atoms with Crippen molar-refractivity contribution in [2.24, 2.45) is 0 Å². The van der Waals surface area contributed by atoms with E-state index in [0.717, 1.165) is 29.5 Å². The molecule has 1 saturated carbocycles. The molecule has 1 aliphatic carbocycles. The maximum atomic E-state index is 12.4. The number of halogens is 1. The van der Waals surface area contributed by atoms with Gasteiger partial charge in [-0.3, -0.25) is 4.79 Å². The molecule has 1 aliphatic rings. The van der Waals surface area contributed by atoms with E-state index in [1.165, 1.54) is 24.8 Å². The zero-order valence-electron chi connectivity index (χ0n) is 14.3. The van der Waals surface area contributed by atoms with E-state index in [2.05, 4.69) is 33.4 Å².